The lowest BCUT2D eigenvalue weighted by atomic mass is 9.82. The molecule has 14 atom stereocenters. The van der Waals surface area contributed by atoms with Crippen LogP contribution in [-0.4, -0.2) is 130 Å². The van der Waals surface area contributed by atoms with Crippen LogP contribution >= 0.6 is 0 Å². The molecule has 2 saturated heterocycles. The molecule has 2 amide bonds. The van der Waals surface area contributed by atoms with Gasteiger partial charge in [-0.3, -0.25) is 9.59 Å². The highest BCUT2D eigenvalue weighted by molar-refractivity contribution is 5.79. The maximum Gasteiger partial charge on any atom is 0.246 e. The first-order chi connectivity index (χ1) is 24.0. The zero-order valence-corrected chi connectivity index (χ0v) is 29.7. The van der Waals surface area contributed by atoms with E-state index in [0.29, 0.717) is 19.3 Å². The van der Waals surface area contributed by atoms with Gasteiger partial charge in [0.25, 0.3) is 0 Å². The highest BCUT2D eigenvalue weighted by atomic mass is 16.7. The zero-order valence-electron chi connectivity index (χ0n) is 29.7. The summed E-state index contributed by atoms with van der Waals surface area (Å²) in [6.45, 7) is 2.57. The van der Waals surface area contributed by atoms with E-state index in [9.17, 15) is 35.1 Å². The molecule has 5 fully saturated rings. The summed E-state index contributed by atoms with van der Waals surface area (Å²) in [4.78, 5) is 25.3. The number of aliphatic hydroxyl groups excluding tert-OH is 5. The lowest BCUT2D eigenvalue weighted by molar-refractivity contribution is -0.337. The van der Waals surface area contributed by atoms with Gasteiger partial charge in [0.05, 0.1) is 31.5 Å². The predicted molar refractivity (Wildman–Crippen MR) is 180 cm³/mol. The number of amides is 2. The molecule has 2 heterocycles. The largest absolute Gasteiger partial charge is 0.394 e. The van der Waals surface area contributed by atoms with E-state index in [1.807, 2.05) is 6.92 Å². The van der Waals surface area contributed by atoms with Crippen molar-refractivity contribution in [1.29, 1.82) is 0 Å². The Morgan fingerprint density at radius 1 is 0.820 bits per heavy atom. The average molecular weight is 718 g/mol. The van der Waals surface area contributed by atoms with E-state index in [-0.39, 0.29) is 18.4 Å². The molecule has 3 saturated carbocycles. The number of nitrogens with one attached hydrogen (secondary N) is 1. The van der Waals surface area contributed by atoms with Crippen molar-refractivity contribution in [3.8, 4) is 0 Å². The van der Waals surface area contributed by atoms with Crippen molar-refractivity contribution in [3.63, 3.8) is 0 Å². The van der Waals surface area contributed by atoms with Gasteiger partial charge in [-0.15, -0.1) is 0 Å². The normalized spacial score (nSPS) is 40.1. The first-order valence-corrected chi connectivity index (χ1v) is 18.9. The van der Waals surface area contributed by atoms with Gasteiger partial charge < -0.3 is 66.0 Å². The average Bonchev–Trinajstić information content (AvgIpc) is 3.08. The topological polar surface area (TPSA) is 246 Å². The fourth-order valence-electron chi connectivity index (χ4n) is 7.60. The van der Waals surface area contributed by atoms with Gasteiger partial charge in [0.1, 0.15) is 48.8 Å². The van der Waals surface area contributed by atoms with Crippen molar-refractivity contribution in [2.75, 3.05) is 13.2 Å². The van der Waals surface area contributed by atoms with Crippen molar-refractivity contribution in [1.82, 2.24) is 5.32 Å². The summed E-state index contributed by atoms with van der Waals surface area (Å²) in [5.74, 6) is -1.12. The zero-order chi connectivity index (χ0) is 36.4. The molecule has 15 heteroatoms. The molecule has 5 aliphatic rings. The van der Waals surface area contributed by atoms with Crippen molar-refractivity contribution < 1.29 is 58.8 Å². The van der Waals surface area contributed by atoms with E-state index in [1.54, 1.807) is 6.92 Å². The smallest absolute Gasteiger partial charge is 0.246 e. The Labute approximate surface area is 295 Å². The van der Waals surface area contributed by atoms with E-state index >= 15 is 0 Å². The van der Waals surface area contributed by atoms with Gasteiger partial charge in [0, 0.05) is 0 Å². The highest BCUT2D eigenvalue weighted by Crippen LogP contribution is 2.37. The summed E-state index contributed by atoms with van der Waals surface area (Å²) in [6, 6.07) is -1.15. The maximum atomic E-state index is 12.7. The molecule has 15 nitrogen and oxygen atoms in total. The molecule has 50 heavy (non-hydrogen) atoms. The quantitative estimate of drug-likeness (QED) is 0.126. The van der Waals surface area contributed by atoms with E-state index in [4.69, 9.17) is 35.2 Å². The number of nitrogens with two attached hydrogens (primary N) is 2. The molecular formula is C35H63N3O12. The molecule has 0 spiro atoms. The Kier molecular flexibility index (Phi) is 16.6. The second-order valence-electron chi connectivity index (χ2n) is 14.7. The fourth-order valence-corrected chi connectivity index (χ4v) is 7.60. The van der Waals surface area contributed by atoms with Crippen LogP contribution in [0.25, 0.3) is 0 Å². The van der Waals surface area contributed by atoms with Gasteiger partial charge in [0.15, 0.2) is 12.6 Å². The minimum Gasteiger partial charge on any atom is -0.394 e. The third kappa shape index (κ3) is 10.8. The Morgan fingerprint density at radius 2 is 1.48 bits per heavy atom. The number of aliphatic hydroxyl groups is 5. The van der Waals surface area contributed by atoms with Gasteiger partial charge in [-0.2, -0.15) is 0 Å². The number of primary amides is 1. The van der Waals surface area contributed by atoms with Gasteiger partial charge in [0.2, 0.25) is 11.8 Å². The van der Waals surface area contributed by atoms with Gasteiger partial charge in [-0.25, -0.2) is 0 Å². The number of carbonyl (C=O) groups is 2. The summed E-state index contributed by atoms with van der Waals surface area (Å²) in [6.07, 6.45) is 0.218. The summed E-state index contributed by atoms with van der Waals surface area (Å²) < 4.78 is 30.8. The molecule has 0 aromatic carbocycles. The SMILES string of the molecule is C1CCC1.CCC1CCC[C@@H](O[C@@H]2O[C@@H](CO)[C@H](O)C(O[C@@H](CC3CCCCC3)C(N)=O)C2NC(=O)CN)[C@@H]1O[C@@H]1OC(C)[C@@H](O)[C@H](O)C1O. The van der Waals surface area contributed by atoms with E-state index in [1.165, 1.54) is 25.7 Å². The van der Waals surface area contributed by atoms with Crippen LogP contribution in [0, 0.1) is 11.8 Å². The molecule has 5 rings (SSSR count). The molecule has 10 N–H and O–H groups in total. The van der Waals surface area contributed by atoms with Gasteiger partial charge in [-0.05, 0) is 38.0 Å². The number of rotatable bonds is 13. The number of ether oxygens (including phenoxy) is 5. The molecule has 290 valence electrons. The minimum atomic E-state index is -1.52. The number of carbonyl (C=O) groups excluding carboxylic acids is 2. The summed E-state index contributed by atoms with van der Waals surface area (Å²) in [5.41, 5.74) is 11.4. The summed E-state index contributed by atoms with van der Waals surface area (Å²) >= 11 is 0. The molecule has 0 bridgehead atoms. The second kappa shape index (κ2) is 20.1. The third-order valence-corrected chi connectivity index (χ3v) is 11.1. The summed E-state index contributed by atoms with van der Waals surface area (Å²) in [7, 11) is 0. The standard InChI is InChI=1S/C31H55N3O12.C4H8/c1-3-17-10-7-11-18(27(17)46-31-26(40)25(39)23(37)15(2)42-31)44-30-22(34-21(36)13-32)28(24(38)20(14-35)45-30)43-19(29(33)41)12-16-8-5-4-6-9-16;1-2-4-3-1/h15-20,22-28,30-31,35,37-40H,3-14,32H2,1-2H3,(H2,33,41)(H,34,36);1-4H2/t15?,17?,18-,19+,20+,22?,23-,24+,25+,26?,27-,28?,30-,31+;/m1./s1. The maximum absolute atomic E-state index is 12.7. The van der Waals surface area contributed by atoms with Crippen molar-refractivity contribution in [2.24, 2.45) is 23.3 Å². The van der Waals surface area contributed by atoms with Crippen molar-refractivity contribution >= 4 is 11.8 Å². The van der Waals surface area contributed by atoms with Gasteiger partial charge >= 0.3 is 0 Å². The fraction of sp³-hybridized carbons (Fsp3) is 0.943. The van der Waals surface area contributed by atoms with Crippen LogP contribution in [0.15, 0.2) is 0 Å². The van der Waals surface area contributed by atoms with Crippen LogP contribution in [0.3, 0.4) is 0 Å². The number of hydrogen-bond acceptors (Lipinski definition) is 13. The van der Waals surface area contributed by atoms with Crippen LogP contribution in [0.4, 0.5) is 0 Å². The monoisotopic (exact) mass is 717 g/mol. The van der Waals surface area contributed by atoms with E-state index in [2.05, 4.69) is 5.32 Å². The first-order valence-electron chi connectivity index (χ1n) is 18.9. The lowest BCUT2D eigenvalue weighted by Crippen LogP contribution is -2.67. The molecule has 2 aliphatic heterocycles. The molecular weight excluding hydrogens is 654 g/mol. The van der Waals surface area contributed by atoms with Crippen LogP contribution in [-0.2, 0) is 33.3 Å². The second-order valence-corrected chi connectivity index (χ2v) is 14.7. The Morgan fingerprint density at radius 3 is 2.06 bits per heavy atom. The van der Waals surface area contributed by atoms with Gasteiger partial charge in [-0.1, -0.05) is 77.6 Å². The third-order valence-electron chi connectivity index (χ3n) is 11.1. The van der Waals surface area contributed by atoms with E-state index in [0.717, 1.165) is 44.9 Å². The number of hydrogen-bond donors (Lipinski definition) is 8. The minimum absolute atomic E-state index is 0.0458. The summed E-state index contributed by atoms with van der Waals surface area (Å²) in [5, 5.41) is 55.4. The molecule has 5 unspecified atom stereocenters. The van der Waals surface area contributed by atoms with Crippen molar-refractivity contribution in [2.45, 2.75) is 183 Å². The lowest BCUT2D eigenvalue weighted by Gasteiger charge is -2.48. The first kappa shape index (κ1) is 41.3. The van der Waals surface area contributed by atoms with Crippen LogP contribution in [0.1, 0.15) is 104 Å². The van der Waals surface area contributed by atoms with Crippen LogP contribution in [0.2, 0.25) is 0 Å². The Balaban J connectivity index is 0.00000131. The Bertz CT molecular complexity index is 1030. The predicted octanol–water partition coefficient (Wildman–Crippen LogP) is 0.0859. The van der Waals surface area contributed by atoms with Crippen LogP contribution in [0.5, 0.6) is 0 Å². The van der Waals surface area contributed by atoms with E-state index < -0.39 is 98.1 Å². The molecule has 0 aromatic rings. The molecule has 0 aromatic heterocycles. The highest BCUT2D eigenvalue weighted by Gasteiger charge is 2.51. The van der Waals surface area contributed by atoms with Crippen molar-refractivity contribution in [3.05, 3.63) is 0 Å². The Hall–Kier alpha value is -1.50. The molecule has 0 radical (unpaired) electrons. The van der Waals surface area contributed by atoms with Crippen LogP contribution < -0.4 is 16.8 Å². The molecule has 3 aliphatic carbocycles.